The first-order valence-corrected chi connectivity index (χ1v) is 5.05. The van der Waals surface area contributed by atoms with E-state index >= 15 is 0 Å². The highest BCUT2D eigenvalue weighted by Crippen LogP contribution is 1.90. The molecule has 0 aliphatic carbocycles. The SMILES string of the molecule is C#CC(C)NC(=O)CCCNC(C)C. The Morgan fingerprint density at radius 2 is 2.07 bits per heavy atom. The van der Waals surface area contributed by atoms with E-state index in [0.717, 1.165) is 13.0 Å². The molecule has 0 heterocycles. The van der Waals surface area contributed by atoms with Crippen LogP contribution in [0.1, 0.15) is 33.6 Å². The third-order valence-corrected chi connectivity index (χ3v) is 1.76. The van der Waals surface area contributed by atoms with E-state index in [2.05, 4.69) is 30.4 Å². The summed E-state index contributed by atoms with van der Waals surface area (Å²) in [6.07, 6.45) is 6.52. The molecule has 1 unspecified atom stereocenters. The zero-order valence-electron chi connectivity index (χ0n) is 9.26. The van der Waals surface area contributed by atoms with E-state index in [9.17, 15) is 4.79 Å². The summed E-state index contributed by atoms with van der Waals surface area (Å²) in [7, 11) is 0. The van der Waals surface area contributed by atoms with Crippen molar-refractivity contribution in [3.8, 4) is 12.3 Å². The van der Waals surface area contributed by atoms with E-state index in [1.54, 1.807) is 6.92 Å². The van der Waals surface area contributed by atoms with Crippen molar-refractivity contribution in [1.82, 2.24) is 10.6 Å². The van der Waals surface area contributed by atoms with Crippen molar-refractivity contribution in [2.24, 2.45) is 0 Å². The minimum Gasteiger partial charge on any atom is -0.343 e. The van der Waals surface area contributed by atoms with Gasteiger partial charge < -0.3 is 10.6 Å². The molecule has 80 valence electrons. The lowest BCUT2D eigenvalue weighted by Gasteiger charge is -2.09. The lowest BCUT2D eigenvalue weighted by Crippen LogP contribution is -2.32. The van der Waals surface area contributed by atoms with Crippen LogP contribution in [0, 0.1) is 12.3 Å². The van der Waals surface area contributed by atoms with Gasteiger partial charge in [0.15, 0.2) is 0 Å². The molecule has 0 aromatic carbocycles. The fraction of sp³-hybridized carbons (Fsp3) is 0.727. The second-order valence-corrected chi connectivity index (χ2v) is 3.67. The number of hydrogen-bond acceptors (Lipinski definition) is 2. The van der Waals surface area contributed by atoms with Gasteiger partial charge in [-0.1, -0.05) is 19.8 Å². The van der Waals surface area contributed by atoms with E-state index in [4.69, 9.17) is 6.42 Å². The number of terminal acetylenes is 1. The number of nitrogens with one attached hydrogen (secondary N) is 2. The third-order valence-electron chi connectivity index (χ3n) is 1.76. The van der Waals surface area contributed by atoms with Gasteiger partial charge in [-0.25, -0.2) is 0 Å². The Morgan fingerprint density at radius 3 is 2.57 bits per heavy atom. The monoisotopic (exact) mass is 196 g/mol. The number of carbonyl (C=O) groups is 1. The maximum Gasteiger partial charge on any atom is 0.220 e. The van der Waals surface area contributed by atoms with Gasteiger partial charge in [-0.2, -0.15) is 0 Å². The first kappa shape index (κ1) is 13.0. The zero-order valence-corrected chi connectivity index (χ0v) is 9.26. The summed E-state index contributed by atoms with van der Waals surface area (Å²) in [5.41, 5.74) is 0. The Morgan fingerprint density at radius 1 is 1.43 bits per heavy atom. The zero-order chi connectivity index (χ0) is 11.0. The Bertz CT molecular complexity index is 206. The predicted octanol–water partition coefficient (Wildman–Crippen LogP) is 0.902. The Hall–Kier alpha value is -1.01. The number of carbonyl (C=O) groups excluding carboxylic acids is 1. The van der Waals surface area contributed by atoms with Crippen molar-refractivity contribution in [2.45, 2.75) is 45.7 Å². The largest absolute Gasteiger partial charge is 0.343 e. The topological polar surface area (TPSA) is 41.1 Å². The molecular formula is C11H20N2O. The molecule has 1 amide bonds. The number of hydrogen-bond donors (Lipinski definition) is 2. The molecule has 3 heteroatoms. The van der Waals surface area contributed by atoms with E-state index in [-0.39, 0.29) is 11.9 Å². The summed E-state index contributed by atoms with van der Waals surface area (Å²) in [4.78, 5) is 11.2. The van der Waals surface area contributed by atoms with Crippen molar-refractivity contribution >= 4 is 5.91 Å². The molecule has 0 radical (unpaired) electrons. The van der Waals surface area contributed by atoms with E-state index in [1.165, 1.54) is 0 Å². The number of rotatable bonds is 6. The summed E-state index contributed by atoms with van der Waals surface area (Å²) >= 11 is 0. The van der Waals surface area contributed by atoms with Crippen LogP contribution in [-0.2, 0) is 4.79 Å². The lowest BCUT2D eigenvalue weighted by atomic mass is 10.2. The lowest BCUT2D eigenvalue weighted by molar-refractivity contribution is -0.121. The minimum atomic E-state index is -0.166. The summed E-state index contributed by atoms with van der Waals surface area (Å²) in [6, 6.07) is 0.309. The van der Waals surface area contributed by atoms with Crippen molar-refractivity contribution < 1.29 is 4.79 Å². The highest BCUT2D eigenvalue weighted by molar-refractivity contribution is 5.76. The van der Waals surface area contributed by atoms with Gasteiger partial charge in [-0.05, 0) is 19.9 Å². The average molecular weight is 196 g/mol. The van der Waals surface area contributed by atoms with Crippen LogP contribution in [0.4, 0.5) is 0 Å². The van der Waals surface area contributed by atoms with Crippen molar-refractivity contribution in [1.29, 1.82) is 0 Å². The first-order chi connectivity index (χ1) is 6.56. The van der Waals surface area contributed by atoms with Gasteiger partial charge in [0.1, 0.15) is 0 Å². The molecule has 0 aromatic heterocycles. The molecule has 0 saturated heterocycles. The molecule has 14 heavy (non-hydrogen) atoms. The first-order valence-electron chi connectivity index (χ1n) is 5.05. The molecule has 1 atom stereocenters. The normalized spacial score (nSPS) is 12.2. The standard InChI is InChI=1S/C11H20N2O/c1-5-10(4)13-11(14)7-6-8-12-9(2)3/h1,9-10,12H,6-8H2,2-4H3,(H,13,14). The highest BCUT2D eigenvalue weighted by Gasteiger charge is 2.03. The van der Waals surface area contributed by atoms with Crippen LogP contribution in [0.25, 0.3) is 0 Å². The van der Waals surface area contributed by atoms with Gasteiger partial charge in [0, 0.05) is 12.5 Å². The molecule has 0 saturated carbocycles. The molecule has 0 rings (SSSR count). The molecule has 0 bridgehead atoms. The summed E-state index contributed by atoms with van der Waals surface area (Å²) in [6.45, 7) is 6.83. The van der Waals surface area contributed by atoms with Crippen LogP contribution >= 0.6 is 0 Å². The van der Waals surface area contributed by atoms with Gasteiger partial charge in [0.2, 0.25) is 5.91 Å². The van der Waals surface area contributed by atoms with Crippen LogP contribution < -0.4 is 10.6 Å². The third kappa shape index (κ3) is 7.63. The molecule has 0 fully saturated rings. The minimum absolute atomic E-state index is 0.0287. The quantitative estimate of drug-likeness (QED) is 0.489. The maximum absolute atomic E-state index is 11.2. The summed E-state index contributed by atoms with van der Waals surface area (Å²) < 4.78 is 0. The van der Waals surface area contributed by atoms with Gasteiger partial charge >= 0.3 is 0 Å². The summed E-state index contributed by atoms with van der Waals surface area (Å²) in [5.74, 6) is 2.49. The fourth-order valence-electron chi connectivity index (χ4n) is 0.995. The van der Waals surface area contributed by atoms with Crippen molar-refractivity contribution in [3.63, 3.8) is 0 Å². The van der Waals surface area contributed by atoms with E-state index in [0.29, 0.717) is 12.5 Å². The average Bonchev–Trinajstić information content (AvgIpc) is 2.12. The van der Waals surface area contributed by atoms with E-state index < -0.39 is 0 Å². The predicted molar refractivity (Wildman–Crippen MR) is 58.8 cm³/mol. The van der Waals surface area contributed by atoms with Crippen LogP contribution in [0.15, 0.2) is 0 Å². The van der Waals surface area contributed by atoms with Gasteiger partial charge in [0.05, 0.1) is 6.04 Å². The van der Waals surface area contributed by atoms with E-state index in [1.807, 2.05) is 0 Å². The molecule has 0 aromatic rings. The summed E-state index contributed by atoms with van der Waals surface area (Å²) in [5, 5.41) is 5.96. The molecule has 3 nitrogen and oxygen atoms in total. The maximum atomic E-state index is 11.2. The fourth-order valence-corrected chi connectivity index (χ4v) is 0.995. The molecule has 2 N–H and O–H groups in total. The van der Waals surface area contributed by atoms with Crippen LogP contribution in [0.5, 0.6) is 0 Å². The Labute approximate surface area is 86.6 Å². The van der Waals surface area contributed by atoms with Gasteiger partial charge in [-0.15, -0.1) is 6.42 Å². The Kier molecular flexibility index (Phi) is 6.87. The second kappa shape index (κ2) is 7.40. The molecule has 0 aliphatic heterocycles. The second-order valence-electron chi connectivity index (χ2n) is 3.67. The molecule has 0 spiro atoms. The smallest absolute Gasteiger partial charge is 0.220 e. The molecule has 0 aliphatic rings. The van der Waals surface area contributed by atoms with Crippen LogP contribution in [0.2, 0.25) is 0 Å². The van der Waals surface area contributed by atoms with Gasteiger partial charge in [0.25, 0.3) is 0 Å². The van der Waals surface area contributed by atoms with Crippen molar-refractivity contribution in [3.05, 3.63) is 0 Å². The van der Waals surface area contributed by atoms with Crippen molar-refractivity contribution in [2.75, 3.05) is 6.54 Å². The Balaban J connectivity index is 3.41. The van der Waals surface area contributed by atoms with Crippen LogP contribution in [-0.4, -0.2) is 24.5 Å². The highest BCUT2D eigenvalue weighted by atomic mass is 16.1. The number of amides is 1. The van der Waals surface area contributed by atoms with Crippen LogP contribution in [0.3, 0.4) is 0 Å². The van der Waals surface area contributed by atoms with Gasteiger partial charge in [-0.3, -0.25) is 4.79 Å². The molecular weight excluding hydrogens is 176 g/mol.